The Morgan fingerprint density at radius 1 is 1.35 bits per heavy atom. The molecule has 0 aliphatic rings. The summed E-state index contributed by atoms with van der Waals surface area (Å²) in [6.45, 7) is 0. The van der Waals surface area contributed by atoms with Gasteiger partial charge in [-0.1, -0.05) is 5.16 Å². The largest absolute Gasteiger partial charge is 0.508 e. The summed E-state index contributed by atoms with van der Waals surface area (Å²) in [6, 6.07) is 7.47. The maximum absolute atomic E-state index is 11.8. The molecule has 2 N–H and O–H groups in total. The number of benzene rings is 1. The van der Waals surface area contributed by atoms with Gasteiger partial charge in [0.05, 0.1) is 6.20 Å². The van der Waals surface area contributed by atoms with Crippen LogP contribution >= 0.6 is 0 Å². The van der Waals surface area contributed by atoms with E-state index in [1.165, 1.54) is 23.2 Å². The summed E-state index contributed by atoms with van der Waals surface area (Å²) in [5.41, 5.74) is 0.653. The number of aromatic hydroxyl groups is 1. The topological polar surface area (TPSA) is 78.6 Å². The van der Waals surface area contributed by atoms with E-state index in [1.807, 2.05) is 0 Å². The van der Waals surface area contributed by atoms with Gasteiger partial charge in [0.25, 0.3) is 0 Å². The molecule has 1 aromatic carbocycles. The Hall–Kier alpha value is -2.50. The van der Waals surface area contributed by atoms with Crippen LogP contribution in [0.2, 0.25) is 0 Å². The molecule has 6 nitrogen and oxygen atoms in total. The Labute approximate surface area is 97.4 Å². The highest BCUT2D eigenvalue weighted by atomic mass is 16.5. The van der Waals surface area contributed by atoms with Crippen molar-refractivity contribution in [3.05, 3.63) is 36.5 Å². The number of carbonyl (C=O) groups excluding carboxylic acids is 1. The molecule has 0 bridgehead atoms. The predicted octanol–water partition coefficient (Wildman–Crippen LogP) is 2.05. The van der Waals surface area contributed by atoms with Crippen LogP contribution in [0.25, 0.3) is 0 Å². The summed E-state index contributed by atoms with van der Waals surface area (Å²) in [5.74, 6) is 0.429. The van der Waals surface area contributed by atoms with Gasteiger partial charge in [-0.25, -0.2) is 4.79 Å². The number of urea groups is 1. The van der Waals surface area contributed by atoms with E-state index in [9.17, 15) is 4.79 Å². The van der Waals surface area contributed by atoms with Gasteiger partial charge in [-0.05, 0) is 24.3 Å². The minimum absolute atomic E-state index is 0.151. The van der Waals surface area contributed by atoms with Crippen molar-refractivity contribution in [2.45, 2.75) is 0 Å². The first-order valence-electron chi connectivity index (χ1n) is 4.91. The summed E-state index contributed by atoms with van der Waals surface area (Å²) in [5, 5.41) is 15.1. The number of nitrogens with zero attached hydrogens (tertiary/aromatic N) is 2. The summed E-state index contributed by atoms with van der Waals surface area (Å²) in [4.78, 5) is 13.2. The fourth-order valence-corrected chi connectivity index (χ4v) is 1.26. The lowest BCUT2D eigenvalue weighted by atomic mass is 10.3. The molecule has 2 amide bonds. The predicted molar refractivity (Wildman–Crippen MR) is 62.0 cm³/mol. The van der Waals surface area contributed by atoms with Gasteiger partial charge >= 0.3 is 6.03 Å². The second-order valence-electron chi connectivity index (χ2n) is 3.38. The average molecular weight is 233 g/mol. The molecule has 0 radical (unpaired) electrons. The Morgan fingerprint density at radius 2 is 2.06 bits per heavy atom. The number of carbonyl (C=O) groups is 1. The van der Waals surface area contributed by atoms with Crippen molar-refractivity contribution in [2.24, 2.45) is 0 Å². The molecule has 0 atom stereocenters. The van der Waals surface area contributed by atoms with Crippen LogP contribution < -0.4 is 10.2 Å². The maximum Gasteiger partial charge on any atom is 0.328 e. The molecule has 0 unspecified atom stereocenters. The Kier molecular flexibility index (Phi) is 2.95. The second kappa shape index (κ2) is 4.56. The van der Waals surface area contributed by atoms with Crippen molar-refractivity contribution in [3.8, 4) is 5.75 Å². The highest BCUT2D eigenvalue weighted by Crippen LogP contribution is 2.18. The Balaban J connectivity index is 2.07. The molecule has 0 aliphatic carbocycles. The zero-order valence-corrected chi connectivity index (χ0v) is 9.12. The number of anilines is 2. The van der Waals surface area contributed by atoms with E-state index in [-0.39, 0.29) is 17.7 Å². The SMILES string of the molecule is CN(C(=O)Nc1ccno1)c1ccc(O)cc1. The first-order valence-corrected chi connectivity index (χ1v) is 4.91. The average Bonchev–Trinajstić information content (AvgIpc) is 2.82. The minimum Gasteiger partial charge on any atom is -0.508 e. The fraction of sp³-hybridized carbons (Fsp3) is 0.0909. The monoisotopic (exact) mass is 233 g/mol. The molecule has 0 saturated heterocycles. The van der Waals surface area contributed by atoms with Crippen molar-refractivity contribution in [1.82, 2.24) is 5.16 Å². The van der Waals surface area contributed by atoms with E-state index in [0.29, 0.717) is 5.69 Å². The number of nitrogens with one attached hydrogen (secondary N) is 1. The van der Waals surface area contributed by atoms with E-state index in [1.54, 1.807) is 25.2 Å². The number of hydrogen-bond acceptors (Lipinski definition) is 4. The van der Waals surface area contributed by atoms with Gasteiger partial charge in [-0.2, -0.15) is 0 Å². The molecular formula is C11H11N3O3. The normalized spacial score (nSPS) is 9.94. The molecule has 0 aliphatic heterocycles. The highest BCUT2D eigenvalue weighted by Gasteiger charge is 2.12. The highest BCUT2D eigenvalue weighted by molar-refractivity contribution is 6.00. The number of hydrogen-bond donors (Lipinski definition) is 2. The number of aromatic nitrogens is 1. The molecule has 88 valence electrons. The van der Waals surface area contributed by atoms with Crippen LogP contribution in [0, 0.1) is 0 Å². The van der Waals surface area contributed by atoms with Gasteiger partial charge in [0.15, 0.2) is 0 Å². The zero-order valence-electron chi connectivity index (χ0n) is 9.12. The summed E-state index contributed by atoms with van der Waals surface area (Å²) in [6.07, 6.45) is 1.44. The first-order chi connectivity index (χ1) is 8.16. The van der Waals surface area contributed by atoms with Crippen LogP contribution in [0.1, 0.15) is 0 Å². The molecule has 2 rings (SSSR count). The van der Waals surface area contributed by atoms with Crippen molar-refractivity contribution in [2.75, 3.05) is 17.3 Å². The van der Waals surface area contributed by atoms with Gasteiger partial charge in [-0.3, -0.25) is 10.2 Å². The van der Waals surface area contributed by atoms with Crippen LogP contribution in [0.5, 0.6) is 5.75 Å². The first kappa shape index (κ1) is 11.0. The number of amides is 2. The maximum atomic E-state index is 11.8. The van der Waals surface area contributed by atoms with Crippen molar-refractivity contribution < 1.29 is 14.4 Å². The van der Waals surface area contributed by atoms with Gasteiger partial charge < -0.3 is 9.63 Å². The van der Waals surface area contributed by atoms with E-state index < -0.39 is 0 Å². The molecular weight excluding hydrogens is 222 g/mol. The minimum atomic E-state index is -0.354. The molecule has 1 aromatic heterocycles. The molecule has 6 heteroatoms. The molecule has 2 aromatic rings. The number of phenolic OH excluding ortho intramolecular Hbond substituents is 1. The van der Waals surface area contributed by atoms with Crippen molar-refractivity contribution in [3.63, 3.8) is 0 Å². The molecule has 0 fully saturated rings. The summed E-state index contributed by atoms with van der Waals surface area (Å²) >= 11 is 0. The molecule has 1 heterocycles. The van der Waals surface area contributed by atoms with Crippen LogP contribution in [0.15, 0.2) is 41.1 Å². The molecule has 0 saturated carbocycles. The lowest BCUT2D eigenvalue weighted by Crippen LogP contribution is -2.30. The van der Waals surface area contributed by atoms with Gasteiger partial charge in [0.1, 0.15) is 5.75 Å². The van der Waals surface area contributed by atoms with Crippen LogP contribution in [-0.4, -0.2) is 23.3 Å². The Bertz CT molecular complexity index is 493. The molecule has 17 heavy (non-hydrogen) atoms. The Morgan fingerprint density at radius 3 is 2.65 bits per heavy atom. The zero-order chi connectivity index (χ0) is 12.3. The quantitative estimate of drug-likeness (QED) is 0.832. The van der Waals surface area contributed by atoms with E-state index >= 15 is 0 Å². The fourth-order valence-electron chi connectivity index (χ4n) is 1.26. The smallest absolute Gasteiger partial charge is 0.328 e. The number of phenols is 1. The third kappa shape index (κ3) is 2.54. The van der Waals surface area contributed by atoms with Crippen molar-refractivity contribution >= 4 is 17.6 Å². The van der Waals surface area contributed by atoms with Gasteiger partial charge in [0, 0.05) is 18.8 Å². The third-order valence-electron chi connectivity index (χ3n) is 2.21. The lowest BCUT2D eigenvalue weighted by Gasteiger charge is -2.16. The van der Waals surface area contributed by atoms with Crippen LogP contribution in [-0.2, 0) is 0 Å². The third-order valence-corrected chi connectivity index (χ3v) is 2.21. The van der Waals surface area contributed by atoms with Gasteiger partial charge in [0.2, 0.25) is 5.88 Å². The summed E-state index contributed by atoms with van der Waals surface area (Å²) < 4.78 is 4.76. The van der Waals surface area contributed by atoms with Crippen LogP contribution in [0.3, 0.4) is 0 Å². The number of rotatable bonds is 2. The van der Waals surface area contributed by atoms with E-state index in [0.717, 1.165) is 0 Å². The van der Waals surface area contributed by atoms with Gasteiger partial charge in [-0.15, -0.1) is 0 Å². The van der Waals surface area contributed by atoms with E-state index in [4.69, 9.17) is 9.63 Å². The van der Waals surface area contributed by atoms with E-state index in [2.05, 4.69) is 10.5 Å². The van der Waals surface area contributed by atoms with Crippen LogP contribution in [0.4, 0.5) is 16.4 Å². The summed E-state index contributed by atoms with van der Waals surface area (Å²) in [7, 11) is 1.61. The molecule has 0 spiro atoms. The van der Waals surface area contributed by atoms with Crippen molar-refractivity contribution in [1.29, 1.82) is 0 Å². The lowest BCUT2D eigenvalue weighted by molar-refractivity contribution is 0.257. The second-order valence-corrected chi connectivity index (χ2v) is 3.38. The standard InChI is InChI=1S/C11H11N3O3/c1-14(8-2-4-9(15)5-3-8)11(16)13-10-6-7-12-17-10/h2-7,15H,1H3,(H,13,16).